The van der Waals surface area contributed by atoms with Crippen LogP contribution in [0, 0.1) is 18.7 Å². The average Bonchev–Trinajstić information content (AvgIpc) is 2.76. The molecule has 18 heavy (non-hydrogen) atoms. The normalized spacial score (nSPS) is 24.7. The highest BCUT2D eigenvalue weighted by atomic mass is 19.1. The molecule has 0 saturated carbocycles. The Labute approximate surface area is 109 Å². The summed E-state index contributed by atoms with van der Waals surface area (Å²) in [6.45, 7) is 6.94. The van der Waals surface area contributed by atoms with E-state index < -0.39 is 0 Å². The van der Waals surface area contributed by atoms with Gasteiger partial charge in [0.05, 0.1) is 0 Å². The molecular formula is C15H23FN2. The van der Waals surface area contributed by atoms with Crippen LogP contribution in [-0.2, 0) is 0 Å². The van der Waals surface area contributed by atoms with Crippen LogP contribution in [0.2, 0.25) is 0 Å². The van der Waals surface area contributed by atoms with Gasteiger partial charge >= 0.3 is 0 Å². The lowest BCUT2D eigenvalue weighted by atomic mass is 9.92. The van der Waals surface area contributed by atoms with E-state index in [-0.39, 0.29) is 5.82 Å². The molecule has 2 nitrogen and oxygen atoms in total. The highest BCUT2D eigenvalue weighted by molar-refractivity contribution is 5.28. The zero-order valence-electron chi connectivity index (χ0n) is 11.3. The smallest absolute Gasteiger partial charge is 0.126 e. The Balaban J connectivity index is 2.28. The van der Waals surface area contributed by atoms with Crippen LogP contribution in [0.25, 0.3) is 0 Å². The molecule has 0 bridgehead atoms. The van der Waals surface area contributed by atoms with E-state index in [1.54, 1.807) is 6.07 Å². The van der Waals surface area contributed by atoms with Crippen LogP contribution < -0.4 is 5.73 Å². The number of nitrogens with two attached hydrogens (primary N) is 1. The molecule has 0 radical (unpaired) electrons. The summed E-state index contributed by atoms with van der Waals surface area (Å²) in [5.74, 6) is 0.379. The van der Waals surface area contributed by atoms with Crippen molar-refractivity contribution in [3.63, 3.8) is 0 Å². The zero-order chi connectivity index (χ0) is 13.1. The fourth-order valence-corrected chi connectivity index (χ4v) is 3.05. The van der Waals surface area contributed by atoms with Gasteiger partial charge in [-0.25, -0.2) is 4.39 Å². The van der Waals surface area contributed by atoms with E-state index in [9.17, 15) is 4.39 Å². The van der Waals surface area contributed by atoms with E-state index in [0.29, 0.717) is 18.5 Å². The molecule has 1 aliphatic rings. The molecule has 2 rings (SSSR count). The number of hydrogen-bond acceptors (Lipinski definition) is 2. The standard InChI is InChI=1S/C15H23FN2/c1-3-7-18-8-6-13(10-17)15(18)12-4-5-14(16)11(2)9-12/h4-5,9,13,15H,3,6-8,10,17H2,1-2H3. The summed E-state index contributed by atoms with van der Waals surface area (Å²) in [6, 6.07) is 5.86. The molecule has 3 heteroatoms. The third-order valence-electron chi connectivity index (χ3n) is 3.96. The van der Waals surface area contributed by atoms with Crippen molar-refractivity contribution >= 4 is 0 Å². The van der Waals surface area contributed by atoms with Crippen molar-refractivity contribution in [3.8, 4) is 0 Å². The van der Waals surface area contributed by atoms with Crippen LogP contribution in [0.1, 0.15) is 36.9 Å². The first kappa shape index (κ1) is 13.5. The third-order valence-corrected chi connectivity index (χ3v) is 3.96. The van der Waals surface area contributed by atoms with Crippen LogP contribution in [0.4, 0.5) is 4.39 Å². The molecule has 1 aromatic rings. The predicted molar refractivity (Wildman–Crippen MR) is 72.9 cm³/mol. The second-order valence-corrected chi connectivity index (χ2v) is 5.27. The fraction of sp³-hybridized carbons (Fsp3) is 0.600. The Morgan fingerprint density at radius 1 is 1.44 bits per heavy atom. The molecular weight excluding hydrogens is 227 g/mol. The van der Waals surface area contributed by atoms with E-state index in [0.717, 1.165) is 31.5 Å². The van der Waals surface area contributed by atoms with Gasteiger partial charge in [-0.2, -0.15) is 0 Å². The Morgan fingerprint density at radius 3 is 2.83 bits per heavy atom. The molecule has 1 aromatic carbocycles. The highest BCUT2D eigenvalue weighted by Crippen LogP contribution is 2.37. The fourth-order valence-electron chi connectivity index (χ4n) is 3.05. The number of aryl methyl sites for hydroxylation is 1. The van der Waals surface area contributed by atoms with Crippen LogP contribution in [0.5, 0.6) is 0 Å². The molecule has 2 atom stereocenters. The van der Waals surface area contributed by atoms with E-state index in [1.165, 1.54) is 5.56 Å². The molecule has 100 valence electrons. The lowest BCUT2D eigenvalue weighted by molar-refractivity contribution is 0.230. The van der Waals surface area contributed by atoms with Crippen molar-refractivity contribution in [2.75, 3.05) is 19.6 Å². The third kappa shape index (κ3) is 2.57. The van der Waals surface area contributed by atoms with Crippen molar-refractivity contribution in [1.29, 1.82) is 0 Å². The van der Waals surface area contributed by atoms with Gasteiger partial charge in [0, 0.05) is 6.04 Å². The molecule has 1 aliphatic heterocycles. The minimum atomic E-state index is -0.122. The Bertz CT molecular complexity index is 405. The number of benzene rings is 1. The van der Waals surface area contributed by atoms with Crippen molar-refractivity contribution in [2.45, 2.75) is 32.7 Å². The maximum Gasteiger partial charge on any atom is 0.126 e. The van der Waals surface area contributed by atoms with Crippen LogP contribution in [0.15, 0.2) is 18.2 Å². The molecule has 0 spiro atoms. The quantitative estimate of drug-likeness (QED) is 0.890. The summed E-state index contributed by atoms with van der Waals surface area (Å²) in [5, 5.41) is 0. The van der Waals surface area contributed by atoms with Gasteiger partial charge in [-0.05, 0) is 62.5 Å². The van der Waals surface area contributed by atoms with Gasteiger partial charge in [0.25, 0.3) is 0 Å². The highest BCUT2D eigenvalue weighted by Gasteiger charge is 2.33. The summed E-state index contributed by atoms with van der Waals surface area (Å²) >= 11 is 0. The van der Waals surface area contributed by atoms with Crippen LogP contribution >= 0.6 is 0 Å². The van der Waals surface area contributed by atoms with Gasteiger partial charge in [-0.1, -0.05) is 19.1 Å². The van der Waals surface area contributed by atoms with Crippen molar-refractivity contribution in [1.82, 2.24) is 4.90 Å². The molecule has 2 N–H and O–H groups in total. The SMILES string of the molecule is CCCN1CCC(CN)C1c1ccc(F)c(C)c1. The molecule has 0 aromatic heterocycles. The number of rotatable bonds is 4. The average molecular weight is 250 g/mol. The van der Waals surface area contributed by atoms with Gasteiger partial charge in [-0.15, -0.1) is 0 Å². The van der Waals surface area contributed by atoms with Gasteiger partial charge in [0.1, 0.15) is 5.82 Å². The van der Waals surface area contributed by atoms with E-state index in [4.69, 9.17) is 5.73 Å². The minimum absolute atomic E-state index is 0.122. The first-order valence-electron chi connectivity index (χ1n) is 6.87. The topological polar surface area (TPSA) is 29.3 Å². The van der Waals surface area contributed by atoms with Crippen molar-refractivity contribution < 1.29 is 4.39 Å². The summed E-state index contributed by atoms with van der Waals surface area (Å²) in [7, 11) is 0. The number of likely N-dealkylation sites (tertiary alicyclic amines) is 1. The molecule has 2 unspecified atom stereocenters. The molecule has 0 aliphatic carbocycles. The van der Waals surface area contributed by atoms with Crippen LogP contribution in [0.3, 0.4) is 0 Å². The molecule has 1 heterocycles. The van der Waals surface area contributed by atoms with Gasteiger partial charge in [-0.3, -0.25) is 4.90 Å². The number of hydrogen-bond donors (Lipinski definition) is 1. The number of nitrogens with zero attached hydrogens (tertiary/aromatic N) is 1. The van der Waals surface area contributed by atoms with E-state index in [1.807, 2.05) is 19.1 Å². The monoisotopic (exact) mass is 250 g/mol. The maximum atomic E-state index is 13.4. The second kappa shape index (κ2) is 5.81. The number of halogens is 1. The summed E-state index contributed by atoms with van der Waals surface area (Å²) < 4.78 is 13.4. The molecule has 0 amide bonds. The largest absolute Gasteiger partial charge is 0.330 e. The van der Waals surface area contributed by atoms with Gasteiger partial charge < -0.3 is 5.73 Å². The summed E-state index contributed by atoms with van der Waals surface area (Å²) in [6.07, 6.45) is 2.30. The van der Waals surface area contributed by atoms with Crippen LogP contribution in [-0.4, -0.2) is 24.5 Å². The predicted octanol–water partition coefficient (Wildman–Crippen LogP) is 2.87. The van der Waals surface area contributed by atoms with Gasteiger partial charge in [0.15, 0.2) is 0 Å². The van der Waals surface area contributed by atoms with Crippen molar-refractivity contribution in [3.05, 3.63) is 35.1 Å². The second-order valence-electron chi connectivity index (χ2n) is 5.27. The lowest BCUT2D eigenvalue weighted by Crippen LogP contribution is -2.29. The van der Waals surface area contributed by atoms with E-state index >= 15 is 0 Å². The Hall–Kier alpha value is -0.930. The Morgan fingerprint density at radius 2 is 2.22 bits per heavy atom. The lowest BCUT2D eigenvalue weighted by Gasteiger charge is -2.28. The molecule has 1 saturated heterocycles. The first-order chi connectivity index (χ1) is 8.67. The van der Waals surface area contributed by atoms with Crippen molar-refractivity contribution in [2.24, 2.45) is 11.7 Å². The van der Waals surface area contributed by atoms with Gasteiger partial charge in [0.2, 0.25) is 0 Å². The minimum Gasteiger partial charge on any atom is -0.330 e. The maximum absolute atomic E-state index is 13.4. The summed E-state index contributed by atoms with van der Waals surface area (Å²) in [5.41, 5.74) is 7.83. The first-order valence-corrected chi connectivity index (χ1v) is 6.87. The van der Waals surface area contributed by atoms with E-state index in [2.05, 4.69) is 11.8 Å². The Kier molecular flexibility index (Phi) is 4.36. The zero-order valence-corrected chi connectivity index (χ0v) is 11.3. The molecule has 1 fully saturated rings. The summed E-state index contributed by atoms with van der Waals surface area (Å²) in [4.78, 5) is 2.49.